The molecule has 1 saturated heterocycles. The van der Waals surface area contributed by atoms with Crippen LogP contribution in [0.5, 0.6) is 0 Å². The Morgan fingerprint density at radius 2 is 2.38 bits per heavy atom. The topological polar surface area (TPSA) is 32.3 Å². The fraction of sp³-hybridized carbons (Fsp3) is 0.545. The van der Waals surface area contributed by atoms with Gasteiger partial charge in [0.25, 0.3) is 5.91 Å². The van der Waals surface area contributed by atoms with Crippen LogP contribution in [0.25, 0.3) is 0 Å². The Hall–Kier alpha value is -0.580. The van der Waals surface area contributed by atoms with Crippen molar-refractivity contribution in [3.63, 3.8) is 0 Å². The number of nitrogens with one attached hydrogen (secondary N) is 1. The molecule has 2 rings (SSSR count). The summed E-state index contributed by atoms with van der Waals surface area (Å²) < 4.78 is 0. The lowest BCUT2D eigenvalue weighted by molar-refractivity contribution is 0.0660. The number of nitrogens with zero attached hydrogens (tertiary/aromatic N) is 1. The number of amides is 1. The average Bonchev–Trinajstić information content (AvgIpc) is 2.64. The van der Waals surface area contributed by atoms with Gasteiger partial charge in [0.15, 0.2) is 0 Å². The van der Waals surface area contributed by atoms with Gasteiger partial charge in [0.2, 0.25) is 0 Å². The molecule has 16 heavy (non-hydrogen) atoms. The van der Waals surface area contributed by atoms with Crippen LogP contribution >= 0.6 is 23.7 Å². The zero-order valence-corrected chi connectivity index (χ0v) is 11.2. The van der Waals surface area contributed by atoms with Crippen molar-refractivity contribution >= 4 is 29.7 Å². The van der Waals surface area contributed by atoms with Crippen LogP contribution in [-0.2, 0) is 0 Å². The molecule has 0 aromatic carbocycles. The minimum absolute atomic E-state index is 0. The largest absolute Gasteiger partial charge is 0.333 e. The maximum Gasteiger partial charge on any atom is 0.264 e. The summed E-state index contributed by atoms with van der Waals surface area (Å²) in [7, 11) is 0. The number of carbonyl (C=O) groups is 1. The molecule has 1 fully saturated rings. The van der Waals surface area contributed by atoms with Crippen LogP contribution in [0.4, 0.5) is 0 Å². The van der Waals surface area contributed by atoms with Crippen molar-refractivity contribution in [3.8, 4) is 0 Å². The van der Waals surface area contributed by atoms with Gasteiger partial charge in [-0.25, -0.2) is 0 Å². The smallest absolute Gasteiger partial charge is 0.264 e. The summed E-state index contributed by atoms with van der Waals surface area (Å²) >= 11 is 1.54. The highest BCUT2D eigenvalue weighted by Crippen LogP contribution is 2.19. The molecule has 0 saturated carbocycles. The van der Waals surface area contributed by atoms with E-state index in [1.165, 1.54) is 0 Å². The Bertz CT molecular complexity index is 367. The van der Waals surface area contributed by atoms with Gasteiger partial charge in [0.05, 0.1) is 4.88 Å². The van der Waals surface area contributed by atoms with Gasteiger partial charge in [0.1, 0.15) is 0 Å². The number of thiophene rings is 1. The minimum atomic E-state index is 0. The van der Waals surface area contributed by atoms with Crippen LogP contribution in [0.15, 0.2) is 11.4 Å². The van der Waals surface area contributed by atoms with E-state index in [9.17, 15) is 4.79 Å². The van der Waals surface area contributed by atoms with E-state index in [1.54, 1.807) is 11.3 Å². The molecular weight excluding hydrogens is 244 g/mol. The molecule has 0 bridgehead atoms. The third-order valence-electron chi connectivity index (χ3n) is 2.82. The predicted octanol–water partition coefficient (Wildman–Crippen LogP) is 1.91. The lowest BCUT2D eigenvalue weighted by Gasteiger charge is -2.33. The molecule has 1 N–H and O–H groups in total. The first-order valence-electron chi connectivity index (χ1n) is 5.26. The Labute approximate surface area is 106 Å². The summed E-state index contributed by atoms with van der Waals surface area (Å²) in [5, 5.41) is 5.27. The zero-order valence-electron chi connectivity index (χ0n) is 9.53. The second-order valence-electron chi connectivity index (χ2n) is 3.98. The van der Waals surface area contributed by atoms with Gasteiger partial charge in [0, 0.05) is 25.7 Å². The number of rotatable bonds is 1. The molecule has 0 spiro atoms. The van der Waals surface area contributed by atoms with Crippen LogP contribution in [0.3, 0.4) is 0 Å². The van der Waals surface area contributed by atoms with Gasteiger partial charge >= 0.3 is 0 Å². The van der Waals surface area contributed by atoms with Crippen LogP contribution in [0.1, 0.15) is 22.2 Å². The quantitative estimate of drug-likeness (QED) is 0.837. The lowest BCUT2D eigenvalue weighted by Crippen LogP contribution is -2.52. The van der Waals surface area contributed by atoms with Gasteiger partial charge in [-0.1, -0.05) is 0 Å². The standard InChI is InChI=1S/C11H16N2OS.ClH/c1-8-3-6-15-10(8)11(14)13-5-4-12-7-9(13)2;/h3,6,9,12H,4-5,7H2,1-2H3;1H. The monoisotopic (exact) mass is 260 g/mol. The molecule has 0 radical (unpaired) electrons. The third-order valence-corrected chi connectivity index (χ3v) is 3.82. The number of halogens is 1. The Balaban J connectivity index is 0.00000128. The number of piperazine rings is 1. The van der Waals surface area contributed by atoms with Crippen LogP contribution < -0.4 is 5.32 Å². The average molecular weight is 261 g/mol. The second kappa shape index (κ2) is 5.66. The van der Waals surface area contributed by atoms with Crippen molar-refractivity contribution in [1.82, 2.24) is 10.2 Å². The van der Waals surface area contributed by atoms with E-state index < -0.39 is 0 Å². The molecule has 1 aliphatic heterocycles. The predicted molar refractivity (Wildman–Crippen MR) is 69.7 cm³/mol. The zero-order chi connectivity index (χ0) is 10.8. The highest BCUT2D eigenvalue weighted by Gasteiger charge is 2.25. The molecule has 1 unspecified atom stereocenters. The molecule has 3 nitrogen and oxygen atoms in total. The van der Waals surface area contributed by atoms with E-state index in [0.29, 0.717) is 6.04 Å². The van der Waals surface area contributed by atoms with Gasteiger partial charge in [-0.15, -0.1) is 23.7 Å². The molecule has 0 aliphatic carbocycles. The van der Waals surface area contributed by atoms with E-state index >= 15 is 0 Å². The van der Waals surface area contributed by atoms with Crippen LogP contribution in [0.2, 0.25) is 0 Å². The normalized spacial score (nSPS) is 20.4. The summed E-state index contributed by atoms with van der Waals surface area (Å²) in [5.41, 5.74) is 1.09. The van der Waals surface area contributed by atoms with E-state index in [4.69, 9.17) is 0 Å². The van der Waals surface area contributed by atoms with Gasteiger partial charge < -0.3 is 10.2 Å². The maximum atomic E-state index is 12.2. The molecule has 1 amide bonds. The number of hydrogen-bond donors (Lipinski definition) is 1. The number of aryl methyl sites for hydroxylation is 1. The first-order valence-corrected chi connectivity index (χ1v) is 6.14. The Morgan fingerprint density at radius 1 is 1.62 bits per heavy atom. The highest BCUT2D eigenvalue weighted by molar-refractivity contribution is 7.12. The highest BCUT2D eigenvalue weighted by atomic mass is 35.5. The summed E-state index contributed by atoms with van der Waals surface area (Å²) in [4.78, 5) is 15.1. The molecular formula is C11H17ClN2OS. The van der Waals surface area contributed by atoms with Crippen LogP contribution in [0, 0.1) is 6.92 Å². The first-order chi connectivity index (χ1) is 7.20. The van der Waals surface area contributed by atoms with Crippen molar-refractivity contribution in [3.05, 3.63) is 21.9 Å². The lowest BCUT2D eigenvalue weighted by atomic mass is 10.2. The van der Waals surface area contributed by atoms with Crippen molar-refractivity contribution < 1.29 is 4.79 Å². The molecule has 1 aliphatic rings. The molecule has 2 heterocycles. The van der Waals surface area contributed by atoms with Gasteiger partial charge in [-0.2, -0.15) is 0 Å². The molecule has 1 atom stereocenters. The van der Waals surface area contributed by atoms with Gasteiger partial charge in [-0.05, 0) is 30.9 Å². The molecule has 5 heteroatoms. The Morgan fingerprint density at radius 3 is 2.94 bits per heavy atom. The maximum absolute atomic E-state index is 12.2. The number of hydrogen-bond acceptors (Lipinski definition) is 3. The fourth-order valence-corrected chi connectivity index (χ4v) is 2.75. The van der Waals surface area contributed by atoms with Crippen molar-refractivity contribution in [2.24, 2.45) is 0 Å². The molecule has 1 aromatic heterocycles. The summed E-state index contributed by atoms with van der Waals surface area (Å²) in [5.74, 6) is 0.191. The first kappa shape index (κ1) is 13.5. The number of carbonyl (C=O) groups excluding carboxylic acids is 1. The second-order valence-corrected chi connectivity index (χ2v) is 4.90. The summed E-state index contributed by atoms with van der Waals surface area (Å²) in [6.07, 6.45) is 0. The van der Waals surface area contributed by atoms with Gasteiger partial charge in [-0.3, -0.25) is 4.79 Å². The van der Waals surface area contributed by atoms with E-state index in [0.717, 1.165) is 30.1 Å². The minimum Gasteiger partial charge on any atom is -0.333 e. The van der Waals surface area contributed by atoms with Crippen LogP contribution in [-0.4, -0.2) is 36.5 Å². The van der Waals surface area contributed by atoms with E-state index in [1.807, 2.05) is 23.3 Å². The van der Waals surface area contributed by atoms with Crippen molar-refractivity contribution in [2.75, 3.05) is 19.6 Å². The molecule has 1 aromatic rings. The summed E-state index contributed by atoms with van der Waals surface area (Å²) in [6, 6.07) is 2.30. The van der Waals surface area contributed by atoms with Crippen molar-refractivity contribution in [2.45, 2.75) is 19.9 Å². The fourth-order valence-electron chi connectivity index (χ4n) is 1.87. The van der Waals surface area contributed by atoms with E-state index in [2.05, 4.69) is 12.2 Å². The van der Waals surface area contributed by atoms with Crippen molar-refractivity contribution in [1.29, 1.82) is 0 Å². The summed E-state index contributed by atoms with van der Waals surface area (Å²) in [6.45, 7) is 6.71. The SMILES string of the molecule is Cc1ccsc1C(=O)N1CCNCC1C.Cl. The third kappa shape index (κ3) is 2.56. The van der Waals surface area contributed by atoms with E-state index in [-0.39, 0.29) is 18.3 Å². The Kier molecular flexibility index (Phi) is 4.77. The molecule has 90 valence electrons.